The standard InChI is InChI=1S/C16H22N4O/c1-12-7-5-6-8-14(12)10-19(3)11-16(21)17-15-9-13(2)18-20(15)4/h5-9H,10-11H2,1-4H3,(H,17,21). The lowest BCUT2D eigenvalue weighted by molar-refractivity contribution is -0.117. The van der Waals surface area contributed by atoms with Crippen LogP contribution in [0.2, 0.25) is 0 Å². The lowest BCUT2D eigenvalue weighted by Crippen LogP contribution is -2.30. The van der Waals surface area contributed by atoms with Gasteiger partial charge in [0.05, 0.1) is 12.2 Å². The van der Waals surface area contributed by atoms with Gasteiger partial charge in [-0.05, 0) is 32.0 Å². The van der Waals surface area contributed by atoms with Gasteiger partial charge in [-0.15, -0.1) is 0 Å². The highest BCUT2D eigenvalue weighted by molar-refractivity contribution is 5.91. The monoisotopic (exact) mass is 286 g/mol. The molecule has 1 amide bonds. The van der Waals surface area contributed by atoms with Crippen molar-refractivity contribution in [1.82, 2.24) is 14.7 Å². The van der Waals surface area contributed by atoms with Crippen molar-refractivity contribution in [2.45, 2.75) is 20.4 Å². The minimum atomic E-state index is -0.0333. The van der Waals surface area contributed by atoms with Crippen LogP contribution >= 0.6 is 0 Å². The van der Waals surface area contributed by atoms with Gasteiger partial charge in [-0.3, -0.25) is 14.4 Å². The van der Waals surface area contributed by atoms with Gasteiger partial charge < -0.3 is 5.32 Å². The van der Waals surface area contributed by atoms with E-state index in [4.69, 9.17) is 0 Å². The molecule has 0 saturated carbocycles. The Hall–Kier alpha value is -2.14. The number of anilines is 1. The zero-order valence-electron chi connectivity index (χ0n) is 13.1. The summed E-state index contributed by atoms with van der Waals surface area (Å²) in [5.41, 5.74) is 3.37. The van der Waals surface area contributed by atoms with Crippen LogP contribution in [0.15, 0.2) is 30.3 Å². The van der Waals surface area contributed by atoms with Crippen LogP contribution in [-0.4, -0.2) is 34.2 Å². The number of carbonyl (C=O) groups is 1. The summed E-state index contributed by atoms with van der Waals surface area (Å²) < 4.78 is 1.68. The van der Waals surface area contributed by atoms with Crippen molar-refractivity contribution in [3.05, 3.63) is 47.2 Å². The molecule has 2 rings (SSSR count). The van der Waals surface area contributed by atoms with Gasteiger partial charge in [0.25, 0.3) is 0 Å². The number of carbonyl (C=O) groups excluding carboxylic acids is 1. The summed E-state index contributed by atoms with van der Waals surface area (Å²) in [7, 11) is 3.76. The second-order valence-corrected chi connectivity index (χ2v) is 5.44. The van der Waals surface area contributed by atoms with Gasteiger partial charge in [-0.1, -0.05) is 24.3 Å². The van der Waals surface area contributed by atoms with Crippen molar-refractivity contribution in [1.29, 1.82) is 0 Å². The SMILES string of the molecule is Cc1cc(NC(=O)CN(C)Cc2ccccc2C)n(C)n1. The summed E-state index contributed by atoms with van der Waals surface area (Å²) in [6.45, 7) is 5.09. The highest BCUT2D eigenvalue weighted by Gasteiger charge is 2.10. The molecule has 0 unspecified atom stereocenters. The van der Waals surface area contributed by atoms with Gasteiger partial charge in [0, 0.05) is 19.7 Å². The fraction of sp³-hybridized carbons (Fsp3) is 0.375. The molecule has 0 fully saturated rings. The van der Waals surface area contributed by atoms with Crippen LogP contribution in [0.4, 0.5) is 5.82 Å². The minimum Gasteiger partial charge on any atom is -0.310 e. The molecule has 0 aliphatic carbocycles. The molecule has 112 valence electrons. The number of benzene rings is 1. The third-order valence-corrected chi connectivity index (χ3v) is 3.38. The van der Waals surface area contributed by atoms with Crippen LogP contribution in [0.1, 0.15) is 16.8 Å². The Labute approximate surface area is 125 Å². The summed E-state index contributed by atoms with van der Waals surface area (Å²) in [6.07, 6.45) is 0. The number of amides is 1. The van der Waals surface area contributed by atoms with E-state index < -0.39 is 0 Å². The van der Waals surface area contributed by atoms with E-state index in [1.165, 1.54) is 11.1 Å². The normalized spacial score (nSPS) is 10.9. The second-order valence-electron chi connectivity index (χ2n) is 5.44. The third kappa shape index (κ3) is 4.16. The number of hydrogen-bond donors (Lipinski definition) is 1. The van der Waals surface area contributed by atoms with Crippen molar-refractivity contribution >= 4 is 11.7 Å². The van der Waals surface area contributed by atoms with E-state index in [1.54, 1.807) is 4.68 Å². The number of likely N-dealkylation sites (N-methyl/N-ethyl adjacent to an activating group) is 1. The van der Waals surface area contributed by atoms with Crippen LogP contribution < -0.4 is 5.32 Å². The second kappa shape index (κ2) is 6.54. The molecule has 1 heterocycles. The molecule has 0 aliphatic heterocycles. The lowest BCUT2D eigenvalue weighted by Gasteiger charge is -2.17. The van der Waals surface area contributed by atoms with E-state index in [-0.39, 0.29) is 5.91 Å². The molecule has 2 aromatic rings. The van der Waals surface area contributed by atoms with Crippen LogP contribution in [0.25, 0.3) is 0 Å². The van der Waals surface area contributed by atoms with Gasteiger partial charge in [0.15, 0.2) is 0 Å². The van der Waals surface area contributed by atoms with Crippen molar-refractivity contribution in [2.75, 3.05) is 18.9 Å². The van der Waals surface area contributed by atoms with E-state index in [0.29, 0.717) is 6.54 Å². The van der Waals surface area contributed by atoms with E-state index in [0.717, 1.165) is 18.1 Å². The molecule has 0 aliphatic rings. The molecule has 21 heavy (non-hydrogen) atoms. The Morgan fingerprint density at radius 1 is 1.33 bits per heavy atom. The molecular formula is C16H22N4O. The zero-order valence-corrected chi connectivity index (χ0v) is 13.1. The molecule has 1 N–H and O–H groups in total. The molecule has 0 bridgehead atoms. The van der Waals surface area contributed by atoms with Gasteiger partial charge in [-0.2, -0.15) is 5.10 Å². The van der Waals surface area contributed by atoms with Crippen molar-refractivity contribution in [3.8, 4) is 0 Å². The number of rotatable bonds is 5. The first-order valence-corrected chi connectivity index (χ1v) is 6.99. The number of nitrogens with one attached hydrogen (secondary N) is 1. The predicted molar refractivity (Wildman–Crippen MR) is 84.1 cm³/mol. The van der Waals surface area contributed by atoms with Crippen LogP contribution in [-0.2, 0) is 18.4 Å². The Kier molecular flexibility index (Phi) is 4.75. The number of aryl methyl sites for hydroxylation is 3. The first kappa shape index (κ1) is 15.3. The Balaban J connectivity index is 1.90. The number of hydrogen-bond acceptors (Lipinski definition) is 3. The van der Waals surface area contributed by atoms with E-state index in [1.807, 2.05) is 44.1 Å². The molecule has 1 aromatic heterocycles. The maximum atomic E-state index is 12.1. The fourth-order valence-electron chi connectivity index (χ4n) is 2.29. The maximum absolute atomic E-state index is 12.1. The first-order chi connectivity index (χ1) is 9.95. The summed E-state index contributed by atoms with van der Waals surface area (Å²) in [4.78, 5) is 14.1. The zero-order chi connectivity index (χ0) is 15.4. The average Bonchev–Trinajstić information content (AvgIpc) is 2.70. The quantitative estimate of drug-likeness (QED) is 0.916. The lowest BCUT2D eigenvalue weighted by atomic mass is 10.1. The molecule has 5 nitrogen and oxygen atoms in total. The molecule has 0 saturated heterocycles. The first-order valence-electron chi connectivity index (χ1n) is 6.99. The molecule has 0 spiro atoms. The summed E-state index contributed by atoms with van der Waals surface area (Å²) in [5, 5.41) is 7.09. The highest BCUT2D eigenvalue weighted by atomic mass is 16.2. The van der Waals surface area contributed by atoms with Gasteiger partial charge >= 0.3 is 0 Å². The topological polar surface area (TPSA) is 50.2 Å². The predicted octanol–water partition coefficient (Wildman–Crippen LogP) is 2.11. The average molecular weight is 286 g/mol. The molecule has 0 atom stereocenters. The van der Waals surface area contributed by atoms with Crippen LogP contribution in [0, 0.1) is 13.8 Å². The summed E-state index contributed by atoms with van der Waals surface area (Å²) in [6, 6.07) is 10.1. The summed E-state index contributed by atoms with van der Waals surface area (Å²) in [5.74, 6) is 0.691. The smallest absolute Gasteiger partial charge is 0.239 e. The number of aromatic nitrogens is 2. The van der Waals surface area contributed by atoms with Crippen molar-refractivity contribution in [3.63, 3.8) is 0 Å². The largest absolute Gasteiger partial charge is 0.310 e. The van der Waals surface area contributed by atoms with Crippen LogP contribution in [0.5, 0.6) is 0 Å². The number of nitrogens with zero attached hydrogens (tertiary/aromatic N) is 3. The molecule has 5 heteroatoms. The molecular weight excluding hydrogens is 264 g/mol. The van der Waals surface area contributed by atoms with E-state index in [2.05, 4.69) is 29.5 Å². The third-order valence-electron chi connectivity index (χ3n) is 3.38. The van der Waals surface area contributed by atoms with E-state index >= 15 is 0 Å². The minimum absolute atomic E-state index is 0.0333. The Bertz CT molecular complexity index is 633. The fourth-order valence-corrected chi connectivity index (χ4v) is 2.29. The van der Waals surface area contributed by atoms with E-state index in [9.17, 15) is 4.79 Å². The molecule has 1 aromatic carbocycles. The highest BCUT2D eigenvalue weighted by Crippen LogP contribution is 2.10. The van der Waals surface area contributed by atoms with Gasteiger partial charge in [0.1, 0.15) is 5.82 Å². The Morgan fingerprint density at radius 3 is 2.67 bits per heavy atom. The maximum Gasteiger partial charge on any atom is 0.239 e. The van der Waals surface area contributed by atoms with Crippen molar-refractivity contribution in [2.24, 2.45) is 7.05 Å². The van der Waals surface area contributed by atoms with Gasteiger partial charge in [0.2, 0.25) is 5.91 Å². The summed E-state index contributed by atoms with van der Waals surface area (Å²) >= 11 is 0. The van der Waals surface area contributed by atoms with Gasteiger partial charge in [-0.25, -0.2) is 0 Å². The molecule has 0 radical (unpaired) electrons. The van der Waals surface area contributed by atoms with Crippen molar-refractivity contribution < 1.29 is 4.79 Å². The Morgan fingerprint density at radius 2 is 2.05 bits per heavy atom. The van der Waals surface area contributed by atoms with Crippen LogP contribution in [0.3, 0.4) is 0 Å².